The summed E-state index contributed by atoms with van der Waals surface area (Å²) >= 11 is 0. The van der Waals surface area contributed by atoms with E-state index in [0.717, 1.165) is 5.39 Å². The molecule has 4 rings (SSSR count). The van der Waals surface area contributed by atoms with Gasteiger partial charge >= 0.3 is 0 Å². The van der Waals surface area contributed by atoms with Crippen molar-refractivity contribution in [3.05, 3.63) is 47.5 Å². The van der Waals surface area contributed by atoms with Crippen LogP contribution in [0.3, 0.4) is 0 Å². The Morgan fingerprint density at radius 3 is 2.39 bits per heavy atom. The number of nitrogens with two attached hydrogens (primary N) is 1. The van der Waals surface area contributed by atoms with E-state index in [4.69, 9.17) is 15.2 Å². The van der Waals surface area contributed by atoms with Crippen molar-refractivity contribution in [3.8, 4) is 22.8 Å². The molecule has 5 heteroatoms. The van der Waals surface area contributed by atoms with Crippen molar-refractivity contribution < 1.29 is 14.3 Å². The van der Waals surface area contributed by atoms with Crippen LogP contribution in [0.4, 0.5) is 5.82 Å². The number of rotatable bonds is 2. The lowest BCUT2D eigenvalue weighted by Crippen LogP contribution is -2.01. The Hall–Kier alpha value is -3.08. The summed E-state index contributed by atoms with van der Waals surface area (Å²) in [5, 5.41) is 1.41. The maximum Gasteiger partial charge on any atom is 0.196 e. The number of ketones is 1. The van der Waals surface area contributed by atoms with Crippen LogP contribution in [-0.2, 0) is 0 Å². The van der Waals surface area contributed by atoms with Crippen LogP contribution in [0.5, 0.6) is 11.5 Å². The molecular weight excluding hydrogens is 292 g/mol. The van der Waals surface area contributed by atoms with Gasteiger partial charge in [-0.25, -0.2) is 4.98 Å². The molecule has 0 aliphatic heterocycles. The molecule has 2 N–H and O–H groups in total. The molecule has 1 aromatic heterocycles. The molecule has 0 bridgehead atoms. The largest absolute Gasteiger partial charge is 0.496 e. The van der Waals surface area contributed by atoms with Crippen molar-refractivity contribution >= 4 is 22.4 Å². The molecule has 2 aromatic carbocycles. The Balaban J connectivity index is 2.17. The minimum atomic E-state index is -0.0698. The molecule has 0 spiro atoms. The van der Waals surface area contributed by atoms with E-state index < -0.39 is 0 Å². The molecule has 5 nitrogen and oxygen atoms in total. The Labute approximate surface area is 132 Å². The van der Waals surface area contributed by atoms with E-state index in [2.05, 4.69) is 4.98 Å². The predicted octanol–water partition coefficient (Wildman–Crippen LogP) is 3.05. The number of methoxy groups -OCH3 is 2. The Kier molecular flexibility index (Phi) is 2.78. The number of hydrogen-bond donors (Lipinski definition) is 1. The summed E-state index contributed by atoms with van der Waals surface area (Å²) < 4.78 is 10.8. The molecule has 0 saturated carbocycles. The third-order valence-electron chi connectivity index (χ3n) is 4.20. The molecule has 3 aromatic rings. The van der Waals surface area contributed by atoms with E-state index in [9.17, 15) is 4.79 Å². The van der Waals surface area contributed by atoms with Crippen molar-refractivity contribution in [1.82, 2.24) is 4.98 Å². The van der Waals surface area contributed by atoms with Gasteiger partial charge in [0.1, 0.15) is 17.3 Å². The number of nitrogen functional groups attached to an aromatic ring is 1. The van der Waals surface area contributed by atoms with Gasteiger partial charge in [0.15, 0.2) is 5.78 Å². The summed E-state index contributed by atoms with van der Waals surface area (Å²) in [4.78, 5) is 17.4. The van der Waals surface area contributed by atoms with E-state index in [0.29, 0.717) is 45.1 Å². The van der Waals surface area contributed by atoms with Gasteiger partial charge in [-0.2, -0.15) is 0 Å². The number of carbonyl (C=O) groups is 1. The maximum absolute atomic E-state index is 12.9. The standard InChI is InChI=1S/C18H14N2O3/c1-22-11-7-4-6-10-13(11)16-15(17(10)21)9-5-3-8-12(23-2)14(9)18(19)20-16/h3-8H,1-2H3,(H2,19,20). The topological polar surface area (TPSA) is 74.4 Å². The minimum absolute atomic E-state index is 0.0698. The van der Waals surface area contributed by atoms with Crippen LogP contribution in [0.25, 0.3) is 22.0 Å². The normalized spacial score (nSPS) is 12.2. The number of fused-ring (bicyclic) bond motifs is 5. The summed E-state index contributed by atoms with van der Waals surface area (Å²) in [6, 6.07) is 10.9. The highest BCUT2D eigenvalue weighted by Gasteiger charge is 2.33. The average Bonchev–Trinajstić information content (AvgIpc) is 2.87. The van der Waals surface area contributed by atoms with Crippen molar-refractivity contribution in [3.63, 3.8) is 0 Å². The Morgan fingerprint density at radius 2 is 1.65 bits per heavy atom. The second-order valence-corrected chi connectivity index (χ2v) is 5.32. The SMILES string of the molecule is COc1cccc2c1-c1nc(N)c3c(OC)cccc3c1C2=O. The number of anilines is 1. The molecule has 1 aliphatic rings. The van der Waals surface area contributed by atoms with Gasteiger partial charge < -0.3 is 15.2 Å². The first-order chi connectivity index (χ1) is 11.2. The number of ether oxygens (including phenoxy) is 2. The molecule has 23 heavy (non-hydrogen) atoms. The highest BCUT2D eigenvalue weighted by molar-refractivity contribution is 6.28. The summed E-state index contributed by atoms with van der Waals surface area (Å²) in [6.07, 6.45) is 0. The maximum atomic E-state index is 12.9. The summed E-state index contributed by atoms with van der Waals surface area (Å²) in [5.41, 5.74) is 8.56. The Bertz CT molecular complexity index is 980. The second-order valence-electron chi connectivity index (χ2n) is 5.32. The van der Waals surface area contributed by atoms with Gasteiger partial charge in [-0.05, 0) is 12.1 Å². The lowest BCUT2D eigenvalue weighted by atomic mass is 10.0. The number of aromatic nitrogens is 1. The molecule has 0 radical (unpaired) electrons. The molecule has 0 fully saturated rings. The van der Waals surface area contributed by atoms with Crippen LogP contribution in [-0.4, -0.2) is 25.0 Å². The van der Waals surface area contributed by atoms with Crippen molar-refractivity contribution in [2.75, 3.05) is 20.0 Å². The minimum Gasteiger partial charge on any atom is -0.496 e. The zero-order valence-electron chi connectivity index (χ0n) is 12.7. The number of carbonyl (C=O) groups excluding carboxylic acids is 1. The monoisotopic (exact) mass is 306 g/mol. The smallest absolute Gasteiger partial charge is 0.196 e. The molecule has 0 saturated heterocycles. The predicted molar refractivity (Wildman–Crippen MR) is 88.1 cm³/mol. The third-order valence-corrected chi connectivity index (χ3v) is 4.20. The number of hydrogen-bond acceptors (Lipinski definition) is 5. The van der Waals surface area contributed by atoms with Gasteiger partial charge in [-0.15, -0.1) is 0 Å². The van der Waals surface area contributed by atoms with Gasteiger partial charge in [0.05, 0.1) is 36.4 Å². The number of benzene rings is 2. The van der Waals surface area contributed by atoms with Crippen LogP contribution < -0.4 is 15.2 Å². The van der Waals surface area contributed by atoms with E-state index in [1.165, 1.54) is 0 Å². The van der Waals surface area contributed by atoms with E-state index in [-0.39, 0.29) is 5.78 Å². The van der Waals surface area contributed by atoms with Crippen LogP contribution in [0.2, 0.25) is 0 Å². The van der Waals surface area contributed by atoms with Crippen molar-refractivity contribution in [2.24, 2.45) is 0 Å². The van der Waals surface area contributed by atoms with Gasteiger partial charge in [0.2, 0.25) is 0 Å². The van der Waals surface area contributed by atoms with E-state index >= 15 is 0 Å². The lowest BCUT2D eigenvalue weighted by molar-refractivity contribution is 0.104. The van der Waals surface area contributed by atoms with Crippen LogP contribution >= 0.6 is 0 Å². The van der Waals surface area contributed by atoms with Gasteiger partial charge in [-0.1, -0.05) is 24.3 Å². The second kappa shape index (κ2) is 4.71. The Morgan fingerprint density at radius 1 is 0.957 bits per heavy atom. The van der Waals surface area contributed by atoms with Gasteiger partial charge in [0.25, 0.3) is 0 Å². The first-order valence-corrected chi connectivity index (χ1v) is 7.15. The zero-order valence-corrected chi connectivity index (χ0v) is 12.7. The molecule has 0 unspecified atom stereocenters. The van der Waals surface area contributed by atoms with E-state index in [1.807, 2.05) is 18.2 Å². The third kappa shape index (κ3) is 1.67. The number of pyridine rings is 1. The number of nitrogens with zero attached hydrogens (tertiary/aromatic N) is 1. The summed E-state index contributed by atoms with van der Waals surface area (Å²) in [7, 11) is 3.15. The summed E-state index contributed by atoms with van der Waals surface area (Å²) in [5.74, 6) is 1.48. The quantitative estimate of drug-likeness (QED) is 0.616. The van der Waals surface area contributed by atoms with Gasteiger partial charge in [0, 0.05) is 10.9 Å². The van der Waals surface area contributed by atoms with Crippen LogP contribution in [0.15, 0.2) is 36.4 Å². The highest BCUT2D eigenvalue weighted by Crippen LogP contribution is 2.46. The van der Waals surface area contributed by atoms with Crippen molar-refractivity contribution in [1.29, 1.82) is 0 Å². The first-order valence-electron chi connectivity index (χ1n) is 7.15. The van der Waals surface area contributed by atoms with Gasteiger partial charge in [-0.3, -0.25) is 4.79 Å². The zero-order chi connectivity index (χ0) is 16.1. The summed E-state index contributed by atoms with van der Waals surface area (Å²) in [6.45, 7) is 0. The van der Waals surface area contributed by atoms with Crippen LogP contribution in [0, 0.1) is 0 Å². The molecule has 1 heterocycles. The van der Waals surface area contributed by atoms with Crippen molar-refractivity contribution in [2.45, 2.75) is 0 Å². The first kappa shape index (κ1) is 13.6. The average molecular weight is 306 g/mol. The van der Waals surface area contributed by atoms with E-state index in [1.54, 1.807) is 32.4 Å². The lowest BCUT2D eigenvalue weighted by Gasteiger charge is -2.11. The fraction of sp³-hybridized carbons (Fsp3) is 0.111. The molecule has 0 atom stereocenters. The molecule has 1 aliphatic carbocycles. The molecule has 114 valence electrons. The highest BCUT2D eigenvalue weighted by atomic mass is 16.5. The molecular formula is C18H14N2O3. The fourth-order valence-corrected chi connectivity index (χ4v) is 3.21. The fourth-order valence-electron chi connectivity index (χ4n) is 3.21. The molecule has 0 amide bonds. The van der Waals surface area contributed by atoms with Crippen LogP contribution in [0.1, 0.15) is 15.9 Å².